The highest BCUT2D eigenvalue weighted by Gasteiger charge is 2.18. The highest BCUT2D eigenvalue weighted by Crippen LogP contribution is 2.20. The molecule has 3 heterocycles. The molecule has 2 atom stereocenters. The molecule has 170 valence electrons. The topological polar surface area (TPSA) is 116 Å². The number of hydrogen-bond donors (Lipinski definition) is 4. The summed E-state index contributed by atoms with van der Waals surface area (Å²) >= 11 is 0. The van der Waals surface area contributed by atoms with Crippen LogP contribution in [0.3, 0.4) is 0 Å². The van der Waals surface area contributed by atoms with Gasteiger partial charge in [-0.05, 0) is 62.5 Å². The summed E-state index contributed by atoms with van der Waals surface area (Å²) in [6.45, 7) is 3.90. The van der Waals surface area contributed by atoms with Gasteiger partial charge in [-0.1, -0.05) is 0 Å². The summed E-state index contributed by atoms with van der Waals surface area (Å²) in [5.74, 6) is 0.491. The monoisotopic (exact) mass is 437 g/mol. The predicted octanol–water partition coefficient (Wildman–Crippen LogP) is 0.795. The molecule has 0 bridgehead atoms. The maximum Gasteiger partial charge on any atom is 0.332 e. The summed E-state index contributed by atoms with van der Waals surface area (Å²) in [6.07, 6.45) is 4.22. The third kappa shape index (κ3) is 5.03. The number of hydrogen-bond acceptors (Lipinski definition) is 7. The number of piperidine rings is 2. The van der Waals surface area contributed by atoms with Gasteiger partial charge in [-0.3, -0.25) is 13.9 Å². The van der Waals surface area contributed by atoms with Gasteiger partial charge in [-0.15, -0.1) is 0 Å². The van der Waals surface area contributed by atoms with Crippen LogP contribution in [0.4, 0.5) is 11.5 Å². The van der Waals surface area contributed by atoms with Crippen LogP contribution in [0, 0.1) is 11.3 Å². The number of nitriles is 1. The van der Waals surface area contributed by atoms with Gasteiger partial charge < -0.3 is 21.3 Å². The molecule has 2 aliphatic rings. The van der Waals surface area contributed by atoms with Crippen LogP contribution in [0.2, 0.25) is 0 Å². The molecule has 2 saturated heterocycles. The molecule has 0 saturated carbocycles. The van der Waals surface area contributed by atoms with E-state index in [0.29, 0.717) is 17.4 Å². The second kappa shape index (κ2) is 10.0. The van der Waals surface area contributed by atoms with Crippen molar-refractivity contribution in [3.8, 4) is 6.07 Å². The van der Waals surface area contributed by atoms with Crippen molar-refractivity contribution in [2.24, 2.45) is 7.05 Å². The van der Waals surface area contributed by atoms with Gasteiger partial charge in [-0.2, -0.15) is 5.26 Å². The summed E-state index contributed by atoms with van der Waals surface area (Å²) in [5.41, 5.74) is 1.44. The molecule has 9 nitrogen and oxygen atoms in total. The molecular formula is C23H31N7O2. The van der Waals surface area contributed by atoms with Crippen molar-refractivity contribution in [1.29, 1.82) is 5.26 Å². The number of benzene rings is 1. The molecule has 1 aromatic carbocycles. The van der Waals surface area contributed by atoms with Gasteiger partial charge >= 0.3 is 5.69 Å². The largest absolute Gasteiger partial charge is 0.381 e. The number of rotatable bonds is 6. The number of nitrogens with zero attached hydrogens (tertiary/aromatic N) is 3. The first-order valence-electron chi connectivity index (χ1n) is 11.3. The molecule has 32 heavy (non-hydrogen) atoms. The molecule has 2 aromatic rings. The summed E-state index contributed by atoms with van der Waals surface area (Å²) in [6, 6.07) is 9.83. The fraction of sp³-hybridized carbons (Fsp3) is 0.522. The molecule has 0 spiro atoms. The Labute approximate surface area is 187 Å². The Bertz CT molecular complexity index is 1100. The smallest absolute Gasteiger partial charge is 0.332 e. The minimum atomic E-state index is -0.400. The van der Waals surface area contributed by atoms with Gasteiger partial charge in [0, 0.05) is 44.0 Å². The van der Waals surface area contributed by atoms with Gasteiger partial charge in [0.15, 0.2) is 0 Å². The van der Waals surface area contributed by atoms with E-state index in [2.05, 4.69) is 27.3 Å². The van der Waals surface area contributed by atoms with Crippen LogP contribution < -0.4 is 32.5 Å². The lowest BCUT2D eigenvalue weighted by molar-refractivity contribution is 0.475. The lowest BCUT2D eigenvalue weighted by Gasteiger charge is -2.27. The van der Waals surface area contributed by atoms with Crippen molar-refractivity contribution in [2.75, 3.05) is 36.8 Å². The van der Waals surface area contributed by atoms with E-state index >= 15 is 0 Å². The molecule has 2 aliphatic heterocycles. The van der Waals surface area contributed by atoms with Crippen LogP contribution >= 0.6 is 0 Å². The third-order valence-electron chi connectivity index (χ3n) is 6.27. The van der Waals surface area contributed by atoms with Crippen molar-refractivity contribution in [1.82, 2.24) is 19.8 Å². The predicted molar refractivity (Wildman–Crippen MR) is 125 cm³/mol. The standard InChI is InChI=1S/C23H31N7O2/c1-29-22(31)11-21(28-20-5-3-9-26-14-20)30(23(29)32)15-17-10-18(7-6-16(17)12-24)27-19-4-2-8-25-13-19/h6-7,10-11,19-20,25-28H,2-5,8-9,13-15H2,1H3/t19?,20-/m1/s1. The van der Waals surface area contributed by atoms with Crippen LogP contribution in [-0.2, 0) is 13.6 Å². The molecular weight excluding hydrogens is 406 g/mol. The van der Waals surface area contributed by atoms with E-state index in [1.807, 2.05) is 12.1 Å². The van der Waals surface area contributed by atoms with Gasteiger partial charge in [0.05, 0.1) is 18.2 Å². The van der Waals surface area contributed by atoms with E-state index in [1.165, 1.54) is 13.1 Å². The van der Waals surface area contributed by atoms with Crippen molar-refractivity contribution in [3.05, 3.63) is 56.2 Å². The molecule has 4 rings (SSSR count). The molecule has 0 aliphatic carbocycles. The average molecular weight is 438 g/mol. The van der Waals surface area contributed by atoms with Gasteiger partial charge in [0.1, 0.15) is 5.82 Å². The molecule has 9 heteroatoms. The van der Waals surface area contributed by atoms with Crippen LogP contribution in [-0.4, -0.2) is 47.4 Å². The number of nitrogens with one attached hydrogen (secondary N) is 4. The van der Waals surface area contributed by atoms with E-state index in [4.69, 9.17) is 0 Å². The molecule has 0 amide bonds. The van der Waals surface area contributed by atoms with E-state index in [0.717, 1.165) is 67.7 Å². The summed E-state index contributed by atoms with van der Waals surface area (Å²) in [4.78, 5) is 25.4. The zero-order valence-corrected chi connectivity index (χ0v) is 18.5. The lowest BCUT2D eigenvalue weighted by Crippen LogP contribution is -2.43. The Balaban J connectivity index is 1.65. The minimum Gasteiger partial charge on any atom is -0.381 e. The Kier molecular flexibility index (Phi) is 6.93. The van der Waals surface area contributed by atoms with Crippen molar-refractivity contribution < 1.29 is 0 Å². The minimum absolute atomic E-state index is 0.142. The van der Waals surface area contributed by atoms with E-state index in [9.17, 15) is 14.9 Å². The first-order chi connectivity index (χ1) is 15.5. The van der Waals surface area contributed by atoms with Crippen molar-refractivity contribution in [2.45, 2.75) is 44.3 Å². The van der Waals surface area contributed by atoms with E-state index < -0.39 is 5.69 Å². The van der Waals surface area contributed by atoms with Crippen LogP contribution in [0.15, 0.2) is 33.9 Å². The van der Waals surface area contributed by atoms with Crippen molar-refractivity contribution in [3.63, 3.8) is 0 Å². The highest BCUT2D eigenvalue weighted by atomic mass is 16.2. The second-order valence-corrected chi connectivity index (χ2v) is 8.65. The molecule has 4 N–H and O–H groups in total. The van der Waals surface area contributed by atoms with Crippen LogP contribution in [0.1, 0.15) is 36.8 Å². The molecule has 1 aromatic heterocycles. The normalized spacial score (nSPS) is 21.0. The highest BCUT2D eigenvalue weighted by molar-refractivity contribution is 5.53. The number of anilines is 2. The van der Waals surface area contributed by atoms with E-state index in [-0.39, 0.29) is 18.1 Å². The number of aromatic nitrogens is 2. The fourth-order valence-corrected chi connectivity index (χ4v) is 4.43. The van der Waals surface area contributed by atoms with Gasteiger partial charge in [0.2, 0.25) is 0 Å². The fourth-order valence-electron chi connectivity index (χ4n) is 4.43. The van der Waals surface area contributed by atoms with Gasteiger partial charge in [0.25, 0.3) is 5.56 Å². The lowest BCUT2D eigenvalue weighted by atomic mass is 10.0. The van der Waals surface area contributed by atoms with Crippen LogP contribution in [0.25, 0.3) is 0 Å². The first kappa shape index (κ1) is 22.1. The SMILES string of the molecule is Cn1c(=O)cc(N[C@@H]2CCCNC2)n(Cc2cc(NC3CCCNC3)ccc2C#N)c1=O. The summed E-state index contributed by atoms with van der Waals surface area (Å²) in [7, 11) is 1.48. The second-order valence-electron chi connectivity index (χ2n) is 8.65. The molecule has 2 fully saturated rings. The zero-order chi connectivity index (χ0) is 22.5. The Morgan fingerprint density at radius 1 is 1.06 bits per heavy atom. The van der Waals surface area contributed by atoms with Crippen molar-refractivity contribution >= 4 is 11.5 Å². The third-order valence-corrected chi connectivity index (χ3v) is 6.27. The van der Waals surface area contributed by atoms with Gasteiger partial charge in [-0.25, -0.2) is 4.79 Å². The Morgan fingerprint density at radius 3 is 2.38 bits per heavy atom. The first-order valence-corrected chi connectivity index (χ1v) is 11.3. The zero-order valence-electron chi connectivity index (χ0n) is 18.5. The maximum absolute atomic E-state index is 13.0. The summed E-state index contributed by atoms with van der Waals surface area (Å²) < 4.78 is 2.66. The Hall–Kier alpha value is -3.09. The Morgan fingerprint density at radius 2 is 1.75 bits per heavy atom. The quantitative estimate of drug-likeness (QED) is 0.528. The maximum atomic E-state index is 13.0. The molecule has 1 unspecified atom stereocenters. The van der Waals surface area contributed by atoms with Crippen LogP contribution in [0.5, 0.6) is 0 Å². The van der Waals surface area contributed by atoms with E-state index in [1.54, 1.807) is 10.6 Å². The molecule has 0 radical (unpaired) electrons. The summed E-state index contributed by atoms with van der Waals surface area (Å²) in [5, 5.41) is 23.3. The average Bonchev–Trinajstić information content (AvgIpc) is 2.82.